The second-order valence-corrected chi connectivity index (χ2v) is 4.47. The van der Waals surface area contributed by atoms with E-state index in [1.165, 1.54) is 18.8 Å². The van der Waals surface area contributed by atoms with E-state index < -0.39 is 5.97 Å². The molecule has 0 amide bonds. The van der Waals surface area contributed by atoms with Gasteiger partial charge in [-0.25, -0.2) is 4.79 Å². The van der Waals surface area contributed by atoms with Crippen LogP contribution in [-0.4, -0.2) is 37.2 Å². The smallest absolute Gasteiger partial charge is 0.371 e. The molecule has 100 valence electrons. The quantitative estimate of drug-likeness (QED) is 0.615. The van der Waals surface area contributed by atoms with Crippen LogP contribution in [0.25, 0.3) is 0 Å². The Balaban J connectivity index is 1.94. The van der Waals surface area contributed by atoms with Crippen molar-refractivity contribution in [3.8, 4) is 0 Å². The van der Waals surface area contributed by atoms with E-state index >= 15 is 0 Å². The zero-order valence-corrected chi connectivity index (χ0v) is 10.5. The maximum absolute atomic E-state index is 10.7. The van der Waals surface area contributed by atoms with Crippen molar-refractivity contribution in [3.63, 3.8) is 0 Å². The molecule has 0 aromatic rings. The first kappa shape index (κ1) is 13.1. The molecule has 1 saturated carbocycles. The lowest BCUT2D eigenvalue weighted by atomic mass is 9.89. The van der Waals surface area contributed by atoms with Gasteiger partial charge in [-0.2, -0.15) is 0 Å². The van der Waals surface area contributed by atoms with Gasteiger partial charge in [0.05, 0.1) is 20.3 Å². The van der Waals surface area contributed by atoms with Crippen molar-refractivity contribution in [2.24, 2.45) is 0 Å². The first-order valence-electron chi connectivity index (χ1n) is 6.10. The number of carboxylic acids is 1. The number of aliphatic carboxylic acids is 1. The summed E-state index contributed by atoms with van der Waals surface area (Å²) in [6, 6.07) is 0. The molecule has 2 rings (SSSR count). The van der Waals surface area contributed by atoms with Crippen LogP contribution in [0.1, 0.15) is 25.7 Å². The van der Waals surface area contributed by atoms with Crippen molar-refractivity contribution in [2.75, 3.05) is 20.3 Å². The fourth-order valence-corrected chi connectivity index (χ4v) is 2.32. The summed E-state index contributed by atoms with van der Waals surface area (Å²) in [5.74, 6) is -1.47. The minimum Gasteiger partial charge on any atom is -0.490 e. The average Bonchev–Trinajstić information content (AvgIpc) is 2.81. The molecule has 2 aliphatic rings. The molecule has 2 fully saturated rings. The molecule has 0 bridgehead atoms. The largest absolute Gasteiger partial charge is 0.490 e. The number of hydrogen-bond donors (Lipinski definition) is 1. The highest BCUT2D eigenvalue weighted by Gasteiger charge is 2.38. The van der Waals surface area contributed by atoms with E-state index in [1.54, 1.807) is 0 Å². The normalized spacial score (nSPS) is 23.2. The lowest BCUT2D eigenvalue weighted by Gasteiger charge is -2.32. The Morgan fingerprint density at radius 1 is 1.33 bits per heavy atom. The number of methoxy groups -OCH3 is 1. The highest BCUT2D eigenvalue weighted by molar-refractivity contribution is 5.84. The lowest BCUT2D eigenvalue weighted by molar-refractivity contribution is -0.171. The van der Waals surface area contributed by atoms with E-state index in [1.807, 2.05) is 6.08 Å². The molecule has 1 heterocycles. The van der Waals surface area contributed by atoms with Crippen molar-refractivity contribution < 1.29 is 24.1 Å². The van der Waals surface area contributed by atoms with Gasteiger partial charge in [0.15, 0.2) is 5.79 Å². The Kier molecular flexibility index (Phi) is 4.04. The Hall–Kier alpha value is -1.33. The predicted octanol–water partition coefficient (Wildman–Crippen LogP) is 1.84. The zero-order chi connectivity index (χ0) is 13.0. The van der Waals surface area contributed by atoms with E-state index in [2.05, 4.69) is 0 Å². The van der Waals surface area contributed by atoms with Gasteiger partial charge in [0.1, 0.15) is 0 Å². The summed E-state index contributed by atoms with van der Waals surface area (Å²) in [6.45, 7) is 1.34. The molecular formula is C13H18O5. The number of hydrogen-bond acceptors (Lipinski definition) is 4. The number of carbonyl (C=O) groups is 1. The number of ether oxygens (including phenoxy) is 3. The molecule has 5 heteroatoms. The fraction of sp³-hybridized carbons (Fsp3) is 0.615. The molecule has 0 unspecified atom stereocenters. The van der Waals surface area contributed by atoms with Crippen LogP contribution < -0.4 is 0 Å². The Morgan fingerprint density at radius 2 is 1.94 bits per heavy atom. The lowest BCUT2D eigenvalue weighted by Crippen LogP contribution is -2.33. The molecule has 0 radical (unpaired) electrons. The summed E-state index contributed by atoms with van der Waals surface area (Å²) >= 11 is 0. The molecule has 1 aliphatic heterocycles. The first-order valence-corrected chi connectivity index (χ1v) is 6.10. The molecule has 1 aliphatic carbocycles. The van der Waals surface area contributed by atoms with Gasteiger partial charge in [-0.1, -0.05) is 11.6 Å². The Bertz CT molecular complexity index is 365. The summed E-state index contributed by atoms with van der Waals surface area (Å²) in [4.78, 5) is 10.7. The van der Waals surface area contributed by atoms with Crippen LogP contribution in [0.15, 0.2) is 23.5 Å². The summed E-state index contributed by atoms with van der Waals surface area (Å²) in [7, 11) is 1.36. The fourth-order valence-electron chi connectivity index (χ4n) is 2.32. The van der Waals surface area contributed by atoms with Gasteiger partial charge in [-0.05, 0) is 18.9 Å². The van der Waals surface area contributed by atoms with Gasteiger partial charge >= 0.3 is 5.97 Å². The molecule has 5 nitrogen and oxygen atoms in total. The minimum absolute atomic E-state index is 0.0452. The third-order valence-corrected chi connectivity index (χ3v) is 3.37. The van der Waals surface area contributed by atoms with Crippen LogP contribution in [0.5, 0.6) is 0 Å². The third kappa shape index (κ3) is 2.91. The van der Waals surface area contributed by atoms with Gasteiger partial charge in [-0.3, -0.25) is 0 Å². The van der Waals surface area contributed by atoms with E-state index in [0.29, 0.717) is 13.2 Å². The van der Waals surface area contributed by atoms with Crippen LogP contribution in [-0.2, 0) is 19.0 Å². The average molecular weight is 254 g/mol. The van der Waals surface area contributed by atoms with E-state index in [-0.39, 0.29) is 11.5 Å². The van der Waals surface area contributed by atoms with Crippen LogP contribution in [0.2, 0.25) is 0 Å². The molecule has 0 aromatic carbocycles. The van der Waals surface area contributed by atoms with Crippen molar-refractivity contribution >= 4 is 5.97 Å². The first-order chi connectivity index (χ1) is 8.65. The number of allylic oxidation sites excluding steroid dienone is 3. The van der Waals surface area contributed by atoms with Gasteiger partial charge in [0.2, 0.25) is 5.76 Å². The van der Waals surface area contributed by atoms with Gasteiger partial charge in [0.25, 0.3) is 0 Å². The van der Waals surface area contributed by atoms with Gasteiger partial charge < -0.3 is 19.3 Å². The molecule has 1 spiro atoms. The predicted molar refractivity (Wildman–Crippen MR) is 63.9 cm³/mol. The van der Waals surface area contributed by atoms with Crippen LogP contribution in [0.4, 0.5) is 0 Å². The monoisotopic (exact) mass is 254 g/mol. The Morgan fingerprint density at radius 3 is 2.44 bits per heavy atom. The summed E-state index contributed by atoms with van der Waals surface area (Å²) < 4.78 is 16.0. The van der Waals surface area contributed by atoms with Crippen molar-refractivity contribution in [1.82, 2.24) is 0 Å². The van der Waals surface area contributed by atoms with E-state index in [4.69, 9.17) is 19.3 Å². The minimum atomic E-state index is -1.05. The standard InChI is InChI=1S/C13H18O5/c1-16-11(12(14)15)3-2-10-4-6-13(7-5-10)17-8-9-18-13/h2-3H,4-9H2,1H3,(H,14,15)/b11-3-. The molecular weight excluding hydrogens is 236 g/mol. The number of carboxylic acid groups (broad SMARTS) is 1. The third-order valence-electron chi connectivity index (χ3n) is 3.37. The summed E-state index contributed by atoms with van der Waals surface area (Å²) in [5.41, 5.74) is 1.20. The molecule has 1 saturated heterocycles. The van der Waals surface area contributed by atoms with Crippen molar-refractivity contribution in [3.05, 3.63) is 23.5 Å². The van der Waals surface area contributed by atoms with Crippen LogP contribution in [0, 0.1) is 0 Å². The van der Waals surface area contributed by atoms with Crippen molar-refractivity contribution in [1.29, 1.82) is 0 Å². The van der Waals surface area contributed by atoms with E-state index in [9.17, 15) is 4.79 Å². The maximum Gasteiger partial charge on any atom is 0.371 e. The summed E-state index contributed by atoms with van der Waals surface area (Å²) in [6.07, 6.45) is 6.74. The molecule has 0 atom stereocenters. The van der Waals surface area contributed by atoms with Gasteiger partial charge in [-0.15, -0.1) is 0 Å². The second kappa shape index (κ2) is 5.54. The molecule has 1 N–H and O–H groups in total. The second-order valence-electron chi connectivity index (χ2n) is 4.47. The zero-order valence-electron chi connectivity index (χ0n) is 10.5. The summed E-state index contributed by atoms with van der Waals surface area (Å²) in [5, 5.41) is 8.81. The topological polar surface area (TPSA) is 65.0 Å². The van der Waals surface area contributed by atoms with Gasteiger partial charge in [0, 0.05) is 12.8 Å². The van der Waals surface area contributed by atoms with Crippen LogP contribution >= 0.6 is 0 Å². The highest BCUT2D eigenvalue weighted by atomic mass is 16.7. The highest BCUT2D eigenvalue weighted by Crippen LogP contribution is 2.37. The van der Waals surface area contributed by atoms with Crippen molar-refractivity contribution in [2.45, 2.75) is 31.5 Å². The Labute approximate surface area is 106 Å². The maximum atomic E-state index is 10.7. The number of rotatable bonds is 3. The van der Waals surface area contributed by atoms with E-state index in [0.717, 1.165) is 25.7 Å². The SMILES string of the molecule is CO/C(=C\C=C1CCC2(CC1)OCCO2)C(=O)O. The molecule has 18 heavy (non-hydrogen) atoms. The molecule has 0 aromatic heterocycles. The van der Waals surface area contributed by atoms with Crippen LogP contribution in [0.3, 0.4) is 0 Å².